The summed E-state index contributed by atoms with van der Waals surface area (Å²) in [6, 6.07) is 11.4. The molecule has 0 aliphatic heterocycles. The van der Waals surface area contributed by atoms with Gasteiger partial charge in [0.25, 0.3) is 0 Å². The van der Waals surface area contributed by atoms with Crippen molar-refractivity contribution in [3.63, 3.8) is 0 Å². The van der Waals surface area contributed by atoms with Crippen LogP contribution < -0.4 is 11.5 Å². The predicted molar refractivity (Wildman–Crippen MR) is 103 cm³/mol. The minimum Gasteiger partial charge on any atom is -0.369 e. The molecule has 4 N–H and O–H groups in total. The van der Waals surface area contributed by atoms with Crippen LogP contribution in [0.1, 0.15) is 33.5 Å². The molecule has 0 radical (unpaired) electrons. The molecule has 1 aliphatic carbocycles. The van der Waals surface area contributed by atoms with Gasteiger partial charge in [-0.15, -0.1) is 0 Å². The van der Waals surface area contributed by atoms with Crippen molar-refractivity contribution in [1.82, 2.24) is 0 Å². The van der Waals surface area contributed by atoms with Gasteiger partial charge in [0.05, 0.1) is 5.41 Å². The maximum absolute atomic E-state index is 13.1. The van der Waals surface area contributed by atoms with Gasteiger partial charge in [0, 0.05) is 5.56 Å². The summed E-state index contributed by atoms with van der Waals surface area (Å²) in [7, 11) is 0. The summed E-state index contributed by atoms with van der Waals surface area (Å²) in [5, 5.41) is 0. The van der Waals surface area contributed by atoms with Crippen molar-refractivity contribution in [1.29, 1.82) is 0 Å². The third-order valence-corrected chi connectivity index (χ3v) is 5.02. The number of aryl methyl sites for hydroxylation is 1. The number of hydrogen-bond donors (Lipinski definition) is 2. The third kappa shape index (κ3) is 3.82. The van der Waals surface area contributed by atoms with Crippen LogP contribution in [0.4, 0.5) is 4.39 Å². The van der Waals surface area contributed by atoms with E-state index in [-0.39, 0.29) is 5.82 Å². The standard InChI is InChI=1S/C22H21FN2O2/c1-14-2-5-17(20(24)26)12-19(14)16-8-10-22(11-9-16,21(25)27)13-15-3-6-18(23)7-4-15/h2-10,12H,11,13H2,1H3,(H2,24,26)(H2,25,27). The molecule has 4 nitrogen and oxygen atoms in total. The fraction of sp³-hybridized carbons (Fsp3) is 0.182. The molecule has 0 spiro atoms. The molecule has 0 fully saturated rings. The molecule has 1 unspecified atom stereocenters. The molecular formula is C22H21FN2O2. The van der Waals surface area contributed by atoms with Crippen LogP contribution in [0.5, 0.6) is 0 Å². The van der Waals surface area contributed by atoms with Gasteiger partial charge in [-0.3, -0.25) is 9.59 Å². The lowest BCUT2D eigenvalue weighted by atomic mass is 9.74. The van der Waals surface area contributed by atoms with E-state index in [1.807, 2.05) is 31.2 Å². The number of benzene rings is 2. The van der Waals surface area contributed by atoms with E-state index >= 15 is 0 Å². The smallest absolute Gasteiger partial charge is 0.248 e. The summed E-state index contributed by atoms with van der Waals surface area (Å²) in [5.41, 5.74) is 14.3. The number of carbonyl (C=O) groups excluding carboxylic acids is 2. The molecule has 3 rings (SSSR count). The number of primary amides is 2. The van der Waals surface area contributed by atoms with Crippen molar-refractivity contribution < 1.29 is 14.0 Å². The first kappa shape index (κ1) is 18.6. The Labute approximate surface area is 157 Å². The molecule has 2 amide bonds. The zero-order valence-corrected chi connectivity index (χ0v) is 15.0. The first-order chi connectivity index (χ1) is 12.8. The van der Waals surface area contributed by atoms with Crippen molar-refractivity contribution in [2.24, 2.45) is 16.9 Å². The summed E-state index contributed by atoms with van der Waals surface area (Å²) in [4.78, 5) is 23.7. The number of allylic oxidation sites excluding steroid dienone is 3. The van der Waals surface area contributed by atoms with Crippen LogP contribution in [0, 0.1) is 18.2 Å². The maximum Gasteiger partial charge on any atom is 0.248 e. The van der Waals surface area contributed by atoms with Crippen LogP contribution in [0.2, 0.25) is 0 Å². The number of halogens is 1. The predicted octanol–water partition coefficient (Wildman–Crippen LogP) is 3.29. The molecule has 138 valence electrons. The Morgan fingerprint density at radius 3 is 2.37 bits per heavy atom. The zero-order valence-electron chi connectivity index (χ0n) is 15.0. The molecule has 1 atom stereocenters. The molecule has 0 saturated carbocycles. The van der Waals surface area contributed by atoms with E-state index in [1.165, 1.54) is 12.1 Å². The monoisotopic (exact) mass is 364 g/mol. The quantitative estimate of drug-likeness (QED) is 0.853. The van der Waals surface area contributed by atoms with Crippen LogP contribution in [0.15, 0.2) is 60.7 Å². The van der Waals surface area contributed by atoms with Crippen LogP contribution in [0.25, 0.3) is 5.57 Å². The van der Waals surface area contributed by atoms with E-state index < -0.39 is 17.2 Å². The Kier molecular flexibility index (Phi) is 4.95. The van der Waals surface area contributed by atoms with E-state index in [9.17, 15) is 14.0 Å². The van der Waals surface area contributed by atoms with Crippen LogP contribution in [-0.2, 0) is 11.2 Å². The SMILES string of the molecule is Cc1ccc(C(N)=O)cc1C1=CCC(Cc2ccc(F)cc2)(C(N)=O)C=C1. The number of amides is 2. The second kappa shape index (κ2) is 7.19. The Hall–Kier alpha value is -3.21. The van der Waals surface area contributed by atoms with Gasteiger partial charge in [-0.2, -0.15) is 0 Å². The molecule has 1 aliphatic rings. The fourth-order valence-electron chi connectivity index (χ4n) is 3.33. The average molecular weight is 364 g/mol. The first-order valence-corrected chi connectivity index (χ1v) is 8.65. The minimum atomic E-state index is -0.865. The highest BCUT2D eigenvalue weighted by molar-refractivity contribution is 5.95. The van der Waals surface area contributed by atoms with Crippen LogP contribution in [-0.4, -0.2) is 11.8 Å². The Morgan fingerprint density at radius 2 is 1.81 bits per heavy atom. The van der Waals surface area contributed by atoms with Gasteiger partial charge < -0.3 is 11.5 Å². The lowest BCUT2D eigenvalue weighted by Gasteiger charge is -2.29. The molecule has 0 aromatic heterocycles. The van der Waals surface area contributed by atoms with Gasteiger partial charge in [-0.05, 0) is 66.3 Å². The highest BCUT2D eigenvalue weighted by Gasteiger charge is 2.35. The first-order valence-electron chi connectivity index (χ1n) is 8.65. The molecule has 27 heavy (non-hydrogen) atoms. The van der Waals surface area contributed by atoms with E-state index in [4.69, 9.17) is 11.5 Å². The summed E-state index contributed by atoms with van der Waals surface area (Å²) < 4.78 is 13.1. The van der Waals surface area contributed by atoms with Crippen molar-refractivity contribution in [2.45, 2.75) is 19.8 Å². The van der Waals surface area contributed by atoms with Gasteiger partial charge in [0.15, 0.2) is 0 Å². The topological polar surface area (TPSA) is 86.2 Å². The van der Waals surface area contributed by atoms with Crippen molar-refractivity contribution in [3.8, 4) is 0 Å². The van der Waals surface area contributed by atoms with E-state index in [0.717, 1.165) is 22.3 Å². The minimum absolute atomic E-state index is 0.321. The fourth-order valence-corrected chi connectivity index (χ4v) is 3.33. The molecule has 0 bridgehead atoms. The second-order valence-corrected chi connectivity index (χ2v) is 6.91. The maximum atomic E-state index is 13.1. The normalized spacial score (nSPS) is 18.8. The van der Waals surface area contributed by atoms with Crippen LogP contribution in [0.3, 0.4) is 0 Å². The lowest BCUT2D eigenvalue weighted by molar-refractivity contribution is -0.125. The average Bonchev–Trinajstić information content (AvgIpc) is 2.64. The molecule has 0 heterocycles. The van der Waals surface area contributed by atoms with Crippen LogP contribution >= 0.6 is 0 Å². The number of nitrogens with two attached hydrogens (primary N) is 2. The molecule has 0 saturated heterocycles. The highest BCUT2D eigenvalue weighted by Crippen LogP contribution is 2.37. The Balaban J connectivity index is 1.90. The number of carbonyl (C=O) groups is 2. The molecule has 2 aromatic carbocycles. The number of hydrogen-bond acceptors (Lipinski definition) is 2. The zero-order chi connectivity index (χ0) is 19.6. The van der Waals surface area contributed by atoms with E-state index in [0.29, 0.717) is 18.4 Å². The van der Waals surface area contributed by atoms with Crippen molar-refractivity contribution >= 4 is 17.4 Å². The Morgan fingerprint density at radius 1 is 1.11 bits per heavy atom. The van der Waals surface area contributed by atoms with Gasteiger partial charge in [0.2, 0.25) is 11.8 Å². The van der Waals surface area contributed by atoms with Gasteiger partial charge in [-0.25, -0.2) is 4.39 Å². The van der Waals surface area contributed by atoms with Gasteiger partial charge in [0.1, 0.15) is 5.82 Å². The Bertz CT molecular complexity index is 961. The molecule has 5 heteroatoms. The summed E-state index contributed by atoms with van der Waals surface area (Å²) in [6.07, 6.45) is 6.42. The summed E-state index contributed by atoms with van der Waals surface area (Å²) in [5.74, 6) is -1.24. The van der Waals surface area contributed by atoms with Gasteiger partial charge in [-0.1, -0.05) is 36.4 Å². The van der Waals surface area contributed by atoms with E-state index in [2.05, 4.69) is 0 Å². The summed E-state index contributed by atoms with van der Waals surface area (Å²) >= 11 is 0. The van der Waals surface area contributed by atoms with Gasteiger partial charge >= 0.3 is 0 Å². The largest absolute Gasteiger partial charge is 0.369 e. The second-order valence-electron chi connectivity index (χ2n) is 6.91. The number of rotatable bonds is 5. The summed E-state index contributed by atoms with van der Waals surface area (Å²) in [6.45, 7) is 1.95. The molecular weight excluding hydrogens is 343 g/mol. The molecule has 2 aromatic rings. The van der Waals surface area contributed by atoms with Crippen molar-refractivity contribution in [2.75, 3.05) is 0 Å². The third-order valence-electron chi connectivity index (χ3n) is 5.02. The highest BCUT2D eigenvalue weighted by atomic mass is 19.1. The van der Waals surface area contributed by atoms with E-state index in [1.54, 1.807) is 24.3 Å². The lowest BCUT2D eigenvalue weighted by Crippen LogP contribution is -2.38. The van der Waals surface area contributed by atoms with Crippen molar-refractivity contribution in [3.05, 3.63) is 88.8 Å².